The molecule has 0 aromatic carbocycles. The fourth-order valence-electron chi connectivity index (χ4n) is 2.00. The van der Waals surface area contributed by atoms with Gasteiger partial charge >= 0.3 is 8.80 Å². The van der Waals surface area contributed by atoms with Crippen molar-refractivity contribution in [1.82, 2.24) is 0 Å². The van der Waals surface area contributed by atoms with E-state index in [0.29, 0.717) is 19.8 Å². The van der Waals surface area contributed by atoms with Crippen LogP contribution in [0.15, 0.2) is 0 Å². The summed E-state index contributed by atoms with van der Waals surface area (Å²) in [6.07, 6.45) is 2.44. The van der Waals surface area contributed by atoms with Crippen molar-refractivity contribution >= 4 is 16.9 Å². The van der Waals surface area contributed by atoms with Crippen molar-refractivity contribution in [2.75, 3.05) is 19.8 Å². The quantitative estimate of drug-likeness (QED) is 0.423. The molecule has 0 aromatic rings. The van der Waals surface area contributed by atoms with E-state index in [1.54, 1.807) is 0 Å². The largest absolute Gasteiger partial charge is 0.500 e. The molecule has 0 bridgehead atoms. The Labute approximate surface area is 116 Å². The third-order valence-corrected chi connectivity index (χ3v) is 7.76. The van der Waals surface area contributed by atoms with E-state index < -0.39 is 16.9 Å². The molecule has 18 heavy (non-hydrogen) atoms. The van der Waals surface area contributed by atoms with Crippen molar-refractivity contribution in [3.05, 3.63) is 0 Å². The molecule has 0 aliphatic heterocycles. The monoisotopic (exact) mass is 292 g/mol. The van der Waals surface area contributed by atoms with E-state index in [2.05, 4.69) is 19.6 Å². The Morgan fingerprint density at radius 2 is 1.06 bits per heavy atom. The molecule has 0 aliphatic carbocycles. The highest BCUT2D eigenvalue weighted by molar-refractivity contribution is 6.76. The molecular weight excluding hydrogens is 260 g/mol. The fourth-order valence-corrected chi connectivity index (χ4v) is 5.99. The van der Waals surface area contributed by atoms with Crippen LogP contribution in [-0.4, -0.2) is 36.7 Å². The molecule has 0 aliphatic rings. The minimum atomic E-state index is -2.38. The maximum absolute atomic E-state index is 5.85. The number of hydrogen-bond acceptors (Lipinski definition) is 3. The summed E-state index contributed by atoms with van der Waals surface area (Å²) < 4.78 is 17.5. The van der Waals surface area contributed by atoms with Crippen LogP contribution in [0.4, 0.5) is 0 Å². The van der Waals surface area contributed by atoms with E-state index in [4.69, 9.17) is 13.3 Å². The van der Waals surface area contributed by atoms with Crippen molar-refractivity contribution < 1.29 is 13.3 Å². The van der Waals surface area contributed by atoms with Gasteiger partial charge in [-0.2, -0.15) is 0 Å². The summed E-state index contributed by atoms with van der Waals surface area (Å²) in [5.74, 6) is 0. The summed E-state index contributed by atoms with van der Waals surface area (Å²) in [6, 6.07) is 2.34. The van der Waals surface area contributed by atoms with Gasteiger partial charge in [0, 0.05) is 33.9 Å². The zero-order chi connectivity index (χ0) is 14.1. The highest BCUT2D eigenvalue weighted by Crippen LogP contribution is 2.22. The molecular formula is C13H32O3Si2. The number of unbranched alkanes of at least 4 members (excludes halogenated alkanes) is 1. The van der Waals surface area contributed by atoms with Gasteiger partial charge in [0.2, 0.25) is 0 Å². The lowest BCUT2D eigenvalue weighted by Crippen LogP contribution is -2.45. The van der Waals surface area contributed by atoms with Gasteiger partial charge in [0.05, 0.1) is 0 Å². The highest BCUT2D eigenvalue weighted by atomic mass is 28.4. The van der Waals surface area contributed by atoms with Crippen LogP contribution < -0.4 is 0 Å². The second-order valence-corrected chi connectivity index (χ2v) is 14.1. The van der Waals surface area contributed by atoms with Crippen LogP contribution in [0.5, 0.6) is 0 Å². The molecule has 0 atom stereocenters. The molecule has 5 heteroatoms. The predicted octanol–water partition coefficient (Wildman–Crippen LogP) is 4.15. The second kappa shape index (κ2) is 9.25. The van der Waals surface area contributed by atoms with E-state index in [1.807, 2.05) is 20.8 Å². The minimum Gasteiger partial charge on any atom is -0.374 e. The average molecular weight is 293 g/mol. The van der Waals surface area contributed by atoms with Gasteiger partial charge in [0.25, 0.3) is 0 Å². The first-order valence-corrected chi connectivity index (χ1v) is 12.9. The van der Waals surface area contributed by atoms with Crippen molar-refractivity contribution in [3.8, 4) is 0 Å². The van der Waals surface area contributed by atoms with Gasteiger partial charge in [0.1, 0.15) is 0 Å². The summed E-state index contributed by atoms with van der Waals surface area (Å²) in [5, 5.41) is 0. The van der Waals surface area contributed by atoms with Crippen LogP contribution in [0, 0.1) is 0 Å². The van der Waals surface area contributed by atoms with E-state index >= 15 is 0 Å². The highest BCUT2D eigenvalue weighted by Gasteiger charge is 2.39. The molecule has 0 heterocycles. The van der Waals surface area contributed by atoms with E-state index in [9.17, 15) is 0 Å². The fraction of sp³-hybridized carbons (Fsp3) is 1.00. The predicted molar refractivity (Wildman–Crippen MR) is 82.8 cm³/mol. The topological polar surface area (TPSA) is 27.7 Å². The molecule has 110 valence electrons. The van der Waals surface area contributed by atoms with Gasteiger partial charge in [-0.25, -0.2) is 0 Å². The first kappa shape index (κ1) is 18.3. The minimum absolute atomic E-state index is 0.681. The Morgan fingerprint density at radius 1 is 0.667 bits per heavy atom. The molecule has 0 saturated carbocycles. The third-order valence-electron chi connectivity index (χ3n) is 2.75. The van der Waals surface area contributed by atoms with E-state index in [-0.39, 0.29) is 0 Å². The van der Waals surface area contributed by atoms with Crippen LogP contribution in [0.1, 0.15) is 33.6 Å². The first-order valence-electron chi connectivity index (χ1n) is 7.31. The maximum Gasteiger partial charge on any atom is 0.500 e. The lowest BCUT2D eigenvalue weighted by atomic mass is 10.4. The van der Waals surface area contributed by atoms with Gasteiger partial charge < -0.3 is 13.3 Å². The van der Waals surface area contributed by atoms with Crippen LogP contribution in [0.3, 0.4) is 0 Å². The summed E-state index contributed by atoms with van der Waals surface area (Å²) in [7, 11) is -3.29. The summed E-state index contributed by atoms with van der Waals surface area (Å²) in [4.78, 5) is 0. The van der Waals surface area contributed by atoms with Crippen LogP contribution in [0.2, 0.25) is 31.7 Å². The van der Waals surface area contributed by atoms with Crippen LogP contribution in [0.25, 0.3) is 0 Å². The Morgan fingerprint density at radius 3 is 1.39 bits per heavy atom. The van der Waals surface area contributed by atoms with Crippen molar-refractivity contribution in [2.24, 2.45) is 0 Å². The third kappa shape index (κ3) is 8.42. The Kier molecular flexibility index (Phi) is 9.42. The molecule has 0 unspecified atom stereocenters. The lowest BCUT2D eigenvalue weighted by Gasteiger charge is -2.28. The maximum atomic E-state index is 5.85. The Bertz CT molecular complexity index is 188. The summed E-state index contributed by atoms with van der Waals surface area (Å²) in [5.41, 5.74) is 0. The van der Waals surface area contributed by atoms with Gasteiger partial charge in [-0.05, 0) is 27.2 Å². The van der Waals surface area contributed by atoms with Crippen LogP contribution >= 0.6 is 0 Å². The molecule has 0 rings (SSSR count). The molecule has 0 spiro atoms. The lowest BCUT2D eigenvalue weighted by molar-refractivity contribution is 0.0707. The van der Waals surface area contributed by atoms with Crippen LogP contribution in [-0.2, 0) is 13.3 Å². The number of hydrogen-bond donors (Lipinski definition) is 0. The molecule has 0 fully saturated rings. The Balaban J connectivity index is 4.21. The molecule has 3 nitrogen and oxygen atoms in total. The summed E-state index contributed by atoms with van der Waals surface area (Å²) >= 11 is 0. The molecule has 0 radical (unpaired) electrons. The molecule has 0 saturated heterocycles. The van der Waals surface area contributed by atoms with E-state index in [1.165, 1.54) is 12.5 Å². The SMILES string of the molecule is CCO[Si](CCCC[Si](C)(C)C)(OCC)OCC. The zero-order valence-corrected chi connectivity index (χ0v) is 15.2. The van der Waals surface area contributed by atoms with Crippen molar-refractivity contribution in [2.45, 2.75) is 65.3 Å². The van der Waals surface area contributed by atoms with Gasteiger partial charge in [-0.15, -0.1) is 0 Å². The first-order chi connectivity index (χ1) is 8.39. The molecule has 0 amide bonds. The van der Waals surface area contributed by atoms with Gasteiger partial charge in [-0.3, -0.25) is 0 Å². The van der Waals surface area contributed by atoms with Crippen molar-refractivity contribution in [3.63, 3.8) is 0 Å². The smallest absolute Gasteiger partial charge is 0.374 e. The molecule has 0 N–H and O–H groups in total. The summed E-state index contributed by atoms with van der Waals surface area (Å²) in [6.45, 7) is 15.4. The average Bonchev–Trinajstić information content (AvgIpc) is 2.24. The molecule has 0 aromatic heterocycles. The van der Waals surface area contributed by atoms with Crippen molar-refractivity contribution in [1.29, 1.82) is 0 Å². The Hall–Kier alpha value is 0.314. The van der Waals surface area contributed by atoms with E-state index in [0.717, 1.165) is 12.5 Å². The second-order valence-electron chi connectivity index (χ2n) is 5.75. The van der Waals surface area contributed by atoms with Gasteiger partial charge in [-0.1, -0.05) is 32.1 Å². The number of rotatable bonds is 11. The standard InChI is InChI=1S/C13H32O3Si2/c1-7-14-18(15-8-2,16-9-3)13-11-10-12-17(4,5)6/h7-13H2,1-6H3. The van der Waals surface area contributed by atoms with Gasteiger partial charge in [0.15, 0.2) is 0 Å². The normalized spacial score (nSPS) is 13.0. The zero-order valence-electron chi connectivity index (χ0n) is 13.2.